The number of aliphatic hydroxyl groups excluding tert-OH is 1. The Kier molecular flexibility index (Phi) is 12.4. The largest absolute Gasteiger partial charge is 0.416 e. The molecule has 4 rings (SSSR count). The maximum Gasteiger partial charge on any atom is 0.416 e. The zero-order valence-corrected chi connectivity index (χ0v) is 26.6. The van der Waals surface area contributed by atoms with Gasteiger partial charge in [0.1, 0.15) is 6.23 Å². The first-order chi connectivity index (χ1) is 21.6. The number of carbonyl (C=O) groups excluding carboxylic acids is 1. The molecule has 1 unspecified atom stereocenters. The summed E-state index contributed by atoms with van der Waals surface area (Å²) in [6, 6.07) is 14.8. The van der Waals surface area contributed by atoms with Gasteiger partial charge in [-0.1, -0.05) is 86.2 Å². The fourth-order valence-electron chi connectivity index (χ4n) is 6.08. The van der Waals surface area contributed by atoms with Crippen molar-refractivity contribution in [1.82, 2.24) is 14.7 Å². The lowest BCUT2D eigenvalue weighted by molar-refractivity contribution is -0.141. The maximum absolute atomic E-state index is 14.2. The van der Waals surface area contributed by atoms with E-state index in [0.717, 1.165) is 55.8 Å². The maximum atomic E-state index is 14.2. The number of halogens is 3. The molecule has 0 bridgehead atoms. The normalized spacial score (nSPS) is 18.2. The zero-order valence-electron chi connectivity index (χ0n) is 26.6. The molecular formula is C37H46F3N3O2. The molecule has 1 heterocycles. The minimum Gasteiger partial charge on any atom is -0.374 e. The highest BCUT2D eigenvalue weighted by Crippen LogP contribution is 2.32. The Morgan fingerprint density at radius 2 is 1.78 bits per heavy atom. The second kappa shape index (κ2) is 16.2. The van der Waals surface area contributed by atoms with Gasteiger partial charge in [-0.05, 0) is 79.6 Å². The van der Waals surface area contributed by atoms with Crippen molar-refractivity contribution < 1.29 is 23.1 Å². The SMILES string of the molecule is CC/C=C(CC)/C(=C\c1cccc(C(F)(F)F)c1)C(O)N(C)[C@@H](CC1=CC=CCC1)C(=O)N1CCN(Cc2ccccc2)CC1. The van der Waals surface area contributed by atoms with Crippen molar-refractivity contribution in [2.24, 2.45) is 0 Å². The molecule has 1 aliphatic carbocycles. The summed E-state index contributed by atoms with van der Waals surface area (Å²) >= 11 is 0. The number of benzene rings is 2. The Labute approximate surface area is 266 Å². The number of alkyl halides is 3. The first kappa shape index (κ1) is 34.4. The number of hydrogen-bond donors (Lipinski definition) is 1. The average Bonchev–Trinajstić information content (AvgIpc) is 3.05. The molecule has 1 saturated heterocycles. The van der Waals surface area contributed by atoms with Crippen molar-refractivity contribution in [2.75, 3.05) is 33.2 Å². The van der Waals surface area contributed by atoms with Gasteiger partial charge in [-0.15, -0.1) is 0 Å². The molecule has 2 aromatic rings. The van der Waals surface area contributed by atoms with Crippen LogP contribution in [0.2, 0.25) is 0 Å². The van der Waals surface area contributed by atoms with Crippen molar-refractivity contribution in [3.05, 3.63) is 112 Å². The number of likely N-dealkylation sites (N-methyl/N-ethyl adjacent to an activating group) is 1. The molecule has 0 radical (unpaired) electrons. The van der Waals surface area contributed by atoms with Gasteiger partial charge in [0.15, 0.2) is 0 Å². The summed E-state index contributed by atoms with van der Waals surface area (Å²) < 4.78 is 40.6. The molecule has 1 aliphatic heterocycles. The predicted molar refractivity (Wildman–Crippen MR) is 175 cm³/mol. The molecule has 1 N–H and O–H groups in total. The Bertz CT molecular complexity index is 1390. The molecule has 8 heteroatoms. The van der Waals surface area contributed by atoms with E-state index in [0.29, 0.717) is 43.5 Å². The van der Waals surface area contributed by atoms with Crippen LogP contribution >= 0.6 is 0 Å². The van der Waals surface area contributed by atoms with Crippen LogP contribution in [-0.2, 0) is 17.5 Å². The number of amides is 1. The fraction of sp³-hybridized carbons (Fsp3) is 0.432. The topological polar surface area (TPSA) is 47.0 Å². The molecule has 1 fully saturated rings. The number of piperazine rings is 1. The van der Waals surface area contributed by atoms with E-state index < -0.39 is 24.0 Å². The molecule has 0 aromatic heterocycles. The lowest BCUT2D eigenvalue weighted by Crippen LogP contribution is -2.56. The Morgan fingerprint density at radius 1 is 1.04 bits per heavy atom. The number of nitrogens with zero attached hydrogens (tertiary/aromatic N) is 3. The standard InChI is InChI=1S/C37H46F3N3O2/c1-4-13-31(5-2)33(25-30-18-12-19-32(24-30)37(38,39)40)35(44)41(3)34(26-28-14-8-6-9-15-28)36(45)43-22-20-42(21-23-43)27-29-16-10-7-11-17-29/h6-8,10-14,16-19,24-25,34-35,44H,4-5,9,15,20-23,26-27H2,1-3H3/b31-13+,33-25+/t34-,35?/m0/s1. The third-order valence-electron chi connectivity index (χ3n) is 8.67. The fourth-order valence-corrected chi connectivity index (χ4v) is 6.08. The van der Waals surface area contributed by atoms with Crippen LogP contribution in [0.1, 0.15) is 62.6 Å². The highest BCUT2D eigenvalue weighted by molar-refractivity contribution is 5.82. The van der Waals surface area contributed by atoms with Crippen molar-refractivity contribution >= 4 is 12.0 Å². The zero-order chi connectivity index (χ0) is 32.4. The van der Waals surface area contributed by atoms with E-state index in [-0.39, 0.29) is 5.91 Å². The first-order valence-corrected chi connectivity index (χ1v) is 16.0. The molecule has 2 aromatic carbocycles. The van der Waals surface area contributed by atoms with Gasteiger partial charge in [-0.25, -0.2) is 0 Å². The highest BCUT2D eigenvalue weighted by atomic mass is 19.4. The Morgan fingerprint density at radius 3 is 2.40 bits per heavy atom. The summed E-state index contributed by atoms with van der Waals surface area (Å²) in [6.07, 6.45) is 7.61. The molecule has 0 saturated carbocycles. The van der Waals surface area contributed by atoms with Crippen LogP contribution in [0.4, 0.5) is 13.2 Å². The molecule has 242 valence electrons. The lowest BCUT2D eigenvalue weighted by Gasteiger charge is -2.40. The van der Waals surface area contributed by atoms with Crippen molar-refractivity contribution in [3.63, 3.8) is 0 Å². The number of allylic oxidation sites excluding steroid dienone is 4. The van der Waals surface area contributed by atoms with E-state index in [2.05, 4.69) is 29.2 Å². The molecule has 2 aliphatic rings. The minimum absolute atomic E-state index is 0.0395. The molecule has 2 atom stereocenters. The van der Waals surface area contributed by atoms with Crippen LogP contribution in [0.25, 0.3) is 6.08 Å². The van der Waals surface area contributed by atoms with E-state index in [1.807, 2.05) is 49.1 Å². The van der Waals surface area contributed by atoms with Gasteiger partial charge in [0.2, 0.25) is 5.91 Å². The third-order valence-corrected chi connectivity index (χ3v) is 8.67. The summed E-state index contributed by atoms with van der Waals surface area (Å²) in [4.78, 5) is 20.2. The van der Waals surface area contributed by atoms with Gasteiger partial charge in [-0.2, -0.15) is 13.2 Å². The highest BCUT2D eigenvalue weighted by Gasteiger charge is 2.35. The summed E-state index contributed by atoms with van der Waals surface area (Å²) in [5, 5.41) is 11.9. The van der Waals surface area contributed by atoms with E-state index in [9.17, 15) is 23.1 Å². The second-order valence-electron chi connectivity index (χ2n) is 11.9. The molecule has 0 spiro atoms. The number of hydrogen-bond acceptors (Lipinski definition) is 4. The summed E-state index contributed by atoms with van der Waals surface area (Å²) in [6.45, 7) is 7.47. The molecular weight excluding hydrogens is 575 g/mol. The minimum atomic E-state index is -4.48. The molecule has 1 amide bonds. The Balaban J connectivity index is 1.61. The van der Waals surface area contributed by atoms with E-state index in [1.54, 1.807) is 24.1 Å². The third kappa shape index (κ3) is 9.52. The van der Waals surface area contributed by atoms with Gasteiger partial charge in [0.25, 0.3) is 0 Å². The quantitative estimate of drug-likeness (QED) is 0.197. The first-order valence-electron chi connectivity index (χ1n) is 16.0. The second-order valence-corrected chi connectivity index (χ2v) is 11.9. The predicted octanol–water partition coefficient (Wildman–Crippen LogP) is 7.46. The van der Waals surface area contributed by atoms with Gasteiger partial charge in [-0.3, -0.25) is 14.6 Å². The van der Waals surface area contributed by atoms with Crippen LogP contribution in [0.5, 0.6) is 0 Å². The van der Waals surface area contributed by atoms with Crippen LogP contribution in [-0.4, -0.2) is 71.2 Å². The van der Waals surface area contributed by atoms with Crippen LogP contribution in [0.3, 0.4) is 0 Å². The average molecular weight is 622 g/mol. The van der Waals surface area contributed by atoms with Crippen LogP contribution < -0.4 is 0 Å². The smallest absolute Gasteiger partial charge is 0.374 e. The van der Waals surface area contributed by atoms with Gasteiger partial charge in [0, 0.05) is 32.7 Å². The number of aliphatic hydroxyl groups is 1. The van der Waals surface area contributed by atoms with Gasteiger partial charge in [0.05, 0.1) is 11.6 Å². The summed E-state index contributed by atoms with van der Waals surface area (Å²) in [7, 11) is 1.75. The van der Waals surface area contributed by atoms with Crippen LogP contribution in [0.15, 0.2) is 95.6 Å². The van der Waals surface area contributed by atoms with Crippen molar-refractivity contribution in [1.29, 1.82) is 0 Å². The lowest BCUT2D eigenvalue weighted by atomic mass is 9.93. The van der Waals surface area contributed by atoms with Crippen LogP contribution in [0, 0.1) is 0 Å². The monoisotopic (exact) mass is 621 g/mol. The molecule has 5 nitrogen and oxygen atoms in total. The van der Waals surface area contributed by atoms with E-state index >= 15 is 0 Å². The van der Waals surface area contributed by atoms with Crippen molar-refractivity contribution in [3.8, 4) is 0 Å². The number of rotatable bonds is 12. The van der Waals surface area contributed by atoms with Crippen molar-refractivity contribution in [2.45, 2.75) is 70.9 Å². The van der Waals surface area contributed by atoms with E-state index in [4.69, 9.17) is 0 Å². The Hall–Kier alpha value is -3.46. The summed E-state index contributed by atoms with van der Waals surface area (Å²) in [5.74, 6) is -0.0395. The van der Waals surface area contributed by atoms with Gasteiger partial charge >= 0.3 is 6.18 Å². The summed E-state index contributed by atoms with van der Waals surface area (Å²) in [5.41, 5.74) is 3.33. The van der Waals surface area contributed by atoms with Gasteiger partial charge < -0.3 is 10.0 Å². The number of carbonyl (C=O) groups is 1. The van der Waals surface area contributed by atoms with E-state index in [1.165, 1.54) is 11.6 Å². The molecule has 45 heavy (non-hydrogen) atoms.